The molecule has 0 heterocycles. The Balaban J connectivity index is 4.25. The fourth-order valence-electron chi connectivity index (χ4n) is 0.984. The Morgan fingerprint density at radius 1 is 1.14 bits per heavy atom. The molecule has 0 rings (SSSR count). The molecule has 14 heavy (non-hydrogen) atoms. The van der Waals surface area contributed by atoms with Crippen LogP contribution < -0.4 is 5.73 Å². The van der Waals surface area contributed by atoms with E-state index < -0.39 is 17.9 Å². The summed E-state index contributed by atoms with van der Waals surface area (Å²) in [5.41, 5.74) is 5.28. The lowest BCUT2D eigenvalue weighted by molar-refractivity contribution is -0.161. The number of esters is 2. The molecule has 0 aliphatic rings. The Labute approximate surface area is 83.5 Å². The molecular formula is C9H17NO4. The third kappa shape index (κ3) is 4.23. The highest BCUT2D eigenvalue weighted by Gasteiger charge is 2.28. The maximum atomic E-state index is 11.3. The van der Waals surface area contributed by atoms with Gasteiger partial charge in [-0.05, 0) is 26.8 Å². The van der Waals surface area contributed by atoms with Crippen LogP contribution >= 0.6 is 0 Å². The summed E-state index contributed by atoms with van der Waals surface area (Å²) in [7, 11) is 0. The highest BCUT2D eigenvalue weighted by atomic mass is 16.6. The number of rotatable bonds is 6. The molecule has 0 aromatic heterocycles. The van der Waals surface area contributed by atoms with Crippen molar-refractivity contribution in [1.29, 1.82) is 0 Å². The predicted octanol–water partition coefficient (Wildman–Crippen LogP) is 0.0776. The van der Waals surface area contributed by atoms with Gasteiger partial charge in [0.1, 0.15) is 0 Å². The maximum Gasteiger partial charge on any atom is 0.320 e. The summed E-state index contributed by atoms with van der Waals surface area (Å²) in [6, 6.07) is 0. The molecule has 0 aromatic rings. The van der Waals surface area contributed by atoms with E-state index in [1.165, 1.54) is 0 Å². The van der Waals surface area contributed by atoms with E-state index in [0.717, 1.165) is 0 Å². The minimum Gasteiger partial charge on any atom is -0.465 e. The van der Waals surface area contributed by atoms with Crippen molar-refractivity contribution in [2.24, 2.45) is 11.7 Å². The summed E-state index contributed by atoms with van der Waals surface area (Å²) in [5, 5.41) is 0. The summed E-state index contributed by atoms with van der Waals surface area (Å²) < 4.78 is 9.46. The molecule has 0 saturated carbocycles. The third-order valence-corrected chi connectivity index (χ3v) is 1.60. The van der Waals surface area contributed by atoms with E-state index in [1.54, 1.807) is 13.8 Å². The smallest absolute Gasteiger partial charge is 0.320 e. The lowest BCUT2D eigenvalue weighted by Crippen LogP contribution is -2.30. The minimum atomic E-state index is -0.875. The molecule has 0 aliphatic heterocycles. The monoisotopic (exact) mass is 203 g/mol. The van der Waals surface area contributed by atoms with Gasteiger partial charge in [-0.15, -0.1) is 0 Å². The van der Waals surface area contributed by atoms with Gasteiger partial charge in [0, 0.05) is 0 Å². The van der Waals surface area contributed by atoms with Gasteiger partial charge >= 0.3 is 11.9 Å². The fraction of sp³-hybridized carbons (Fsp3) is 0.778. The van der Waals surface area contributed by atoms with Gasteiger partial charge in [0.15, 0.2) is 5.92 Å². The number of hydrogen-bond acceptors (Lipinski definition) is 5. The first-order valence-electron chi connectivity index (χ1n) is 4.70. The van der Waals surface area contributed by atoms with Crippen molar-refractivity contribution in [3.8, 4) is 0 Å². The molecule has 2 N–H and O–H groups in total. The van der Waals surface area contributed by atoms with Gasteiger partial charge < -0.3 is 15.2 Å². The predicted molar refractivity (Wildman–Crippen MR) is 50.4 cm³/mol. The van der Waals surface area contributed by atoms with Crippen LogP contribution in [0.5, 0.6) is 0 Å². The summed E-state index contributed by atoms with van der Waals surface area (Å²) in [4.78, 5) is 22.5. The Bertz CT molecular complexity index is 175. The summed E-state index contributed by atoms with van der Waals surface area (Å²) in [6.07, 6.45) is 0.262. The molecule has 5 heteroatoms. The van der Waals surface area contributed by atoms with Gasteiger partial charge in [-0.2, -0.15) is 0 Å². The van der Waals surface area contributed by atoms with Crippen molar-refractivity contribution < 1.29 is 19.1 Å². The minimum absolute atomic E-state index is 0.249. The average Bonchev–Trinajstić information content (AvgIpc) is 2.14. The second-order valence-corrected chi connectivity index (χ2v) is 2.63. The van der Waals surface area contributed by atoms with Gasteiger partial charge in [-0.25, -0.2) is 0 Å². The number of nitrogens with two attached hydrogens (primary N) is 1. The molecule has 0 bridgehead atoms. The highest BCUT2D eigenvalue weighted by Crippen LogP contribution is 2.07. The van der Waals surface area contributed by atoms with Crippen LogP contribution in [0.2, 0.25) is 0 Å². The van der Waals surface area contributed by atoms with Gasteiger partial charge in [-0.3, -0.25) is 9.59 Å². The molecule has 5 nitrogen and oxygen atoms in total. The van der Waals surface area contributed by atoms with Crippen LogP contribution in [0.15, 0.2) is 0 Å². The quantitative estimate of drug-likeness (QED) is 0.488. The van der Waals surface area contributed by atoms with E-state index in [4.69, 9.17) is 15.2 Å². The van der Waals surface area contributed by atoms with E-state index in [0.29, 0.717) is 0 Å². The molecule has 0 atom stereocenters. The third-order valence-electron chi connectivity index (χ3n) is 1.60. The molecular weight excluding hydrogens is 186 g/mol. The van der Waals surface area contributed by atoms with Crippen LogP contribution in [0.3, 0.4) is 0 Å². The zero-order chi connectivity index (χ0) is 11.0. The summed E-state index contributed by atoms with van der Waals surface area (Å²) in [5.74, 6) is -1.99. The normalized spacial score (nSPS) is 10.0. The maximum absolute atomic E-state index is 11.3. The van der Waals surface area contributed by atoms with Crippen molar-refractivity contribution in [2.45, 2.75) is 20.3 Å². The van der Waals surface area contributed by atoms with Gasteiger partial charge in [0.25, 0.3) is 0 Å². The topological polar surface area (TPSA) is 78.6 Å². The SMILES string of the molecule is CCOC(=O)C(CCN)C(=O)OCC. The van der Waals surface area contributed by atoms with E-state index in [-0.39, 0.29) is 26.2 Å². The highest BCUT2D eigenvalue weighted by molar-refractivity contribution is 5.94. The number of carbonyl (C=O) groups is 2. The lowest BCUT2D eigenvalue weighted by Gasteiger charge is -2.12. The van der Waals surface area contributed by atoms with Crippen LogP contribution in [0.1, 0.15) is 20.3 Å². The fourth-order valence-corrected chi connectivity index (χ4v) is 0.984. The first kappa shape index (κ1) is 12.9. The largest absolute Gasteiger partial charge is 0.465 e. The zero-order valence-corrected chi connectivity index (χ0v) is 8.62. The Hall–Kier alpha value is -1.10. The first-order valence-corrected chi connectivity index (χ1v) is 4.70. The number of hydrogen-bond donors (Lipinski definition) is 1. The molecule has 0 saturated heterocycles. The molecule has 0 radical (unpaired) electrons. The van der Waals surface area contributed by atoms with Crippen LogP contribution in [0.4, 0.5) is 0 Å². The molecule has 0 amide bonds. The zero-order valence-electron chi connectivity index (χ0n) is 8.62. The van der Waals surface area contributed by atoms with E-state index in [9.17, 15) is 9.59 Å². The lowest BCUT2D eigenvalue weighted by atomic mass is 10.1. The molecule has 0 aliphatic carbocycles. The van der Waals surface area contributed by atoms with Gasteiger partial charge in [-0.1, -0.05) is 0 Å². The van der Waals surface area contributed by atoms with Crippen molar-refractivity contribution >= 4 is 11.9 Å². The van der Waals surface area contributed by atoms with E-state index in [2.05, 4.69) is 0 Å². The summed E-state index contributed by atoms with van der Waals surface area (Å²) >= 11 is 0. The van der Waals surface area contributed by atoms with E-state index >= 15 is 0 Å². The van der Waals surface area contributed by atoms with Crippen LogP contribution in [-0.2, 0) is 19.1 Å². The van der Waals surface area contributed by atoms with Crippen LogP contribution in [0, 0.1) is 5.92 Å². The second-order valence-electron chi connectivity index (χ2n) is 2.63. The van der Waals surface area contributed by atoms with Crippen molar-refractivity contribution in [3.05, 3.63) is 0 Å². The Kier molecular flexibility index (Phi) is 6.74. The van der Waals surface area contributed by atoms with Gasteiger partial charge in [0.05, 0.1) is 13.2 Å². The molecule has 82 valence electrons. The summed E-state index contributed by atoms with van der Waals surface area (Å²) in [6.45, 7) is 4.12. The number of carbonyl (C=O) groups excluding carboxylic acids is 2. The van der Waals surface area contributed by atoms with Crippen LogP contribution in [-0.4, -0.2) is 31.7 Å². The van der Waals surface area contributed by atoms with Crippen molar-refractivity contribution in [2.75, 3.05) is 19.8 Å². The first-order chi connectivity index (χ1) is 6.67. The van der Waals surface area contributed by atoms with Crippen molar-refractivity contribution in [3.63, 3.8) is 0 Å². The standard InChI is InChI=1S/C9H17NO4/c1-3-13-8(11)7(5-6-10)9(12)14-4-2/h7H,3-6,10H2,1-2H3. The average molecular weight is 203 g/mol. The van der Waals surface area contributed by atoms with E-state index in [1.807, 2.05) is 0 Å². The van der Waals surface area contributed by atoms with Gasteiger partial charge in [0.2, 0.25) is 0 Å². The molecule has 0 aromatic carbocycles. The number of ether oxygens (including phenoxy) is 2. The Morgan fingerprint density at radius 3 is 1.86 bits per heavy atom. The van der Waals surface area contributed by atoms with Crippen LogP contribution in [0.25, 0.3) is 0 Å². The molecule has 0 fully saturated rings. The second kappa shape index (κ2) is 7.32. The molecule has 0 spiro atoms. The molecule has 0 unspecified atom stereocenters. The van der Waals surface area contributed by atoms with Crippen molar-refractivity contribution in [1.82, 2.24) is 0 Å². The Morgan fingerprint density at radius 2 is 1.57 bits per heavy atom.